The predicted octanol–water partition coefficient (Wildman–Crippen LogP) is 6.26. The van der Waals surface area contributed by atoms with Gasteiger partial charge < -0.3 is 13.6 Å². The normalized spacial score (nSPS) is 22.3. The molecule has 0 saturated carbocycles. The number of rotatable bonds is 6. The van der Waals surface area contributed by atoms with E-state index in [-0.39, 0.29) is 28.1 Å². The van der Waals surface area contributed by atoms with Crippen LogP contribution in [-0.4, -0.2) is 35.8 Å². The SMILES string of the molecule is COC(=O)C[C@@H]1C=C(O[Si](C)(C)C(C)(C)C)CC[C@@H]1O[Si](C)(C)C(C)(C)C. The van der Waals surface area contributed by atoms with Crippen molar-refractivity contribution in [1.29, 1.82) is 0 Å². The first kappa shape index (κ1) is 24.4. The Morgan fingerprint density at radius 3 is 2.00 bits per heavy atom. The maximum Gasteiger partial charge on any atom is 0.306 e. The van der Waals surface area contributed by atoms with Crippen LogP contribution in [0.5, 0.6) is 0 Å². The number of esters is 1. The highest BCUT2D eigenvalue weighted by molar-refractivity contribution is 6.74. The summed E-state index contributed by atoms with van der Waals surface area (Å²) in [6.45, 7) is 22.6. The molecule has 0 aromatic carbocycles. The van der Waals surface area contributed by atoms with Crippen molar-refractivity contribution < 1.29 is 18.4 Å². The van der Waals surface area contributed by atoms with E-state index in [2.05, 4.69) is 73.8 Å². The van der Waals surface area contributed by atoms with Crippen molar-refractivity contribution in [3.63, 3.8) is 0 Å². The molecule has 4 nitrogen and oxygen atoms in total. The van der Waals surface area contributed by atoms with Gasteiger partial charge in [-0.1, -0.05) is 41.5 Å². The number of carbonyl (C=O) groups excluding carboxylic acids is 1. The van der Waals surface area contributed by atoms with Crippen molar-refractivity contribution in [2.24, 2.45) is 5.92 Å². The second kappa shape index (κ2) is 8.41. The van der Waals surface area contributed by atoms with Gasteiger partial charge in [0.05, 0.1) is 25.4 Å². The summed E-state index contributed by atoms with van der Waals surface area (Å²) in [5.74, 6) is 0.860. The summed E-state index contributed by atoms with van der Waals surface area (Å²) in [7, 11) is -2.34. The molecular weight excluding hydrogens is 372 g/mol. The molecular formula is C21H42O4Si2. The fourth-order valence-electron chi connectivity index (χ4n) is 2.66. The first-order valence-electron chi connectivity index (χ1n) is 10.1. The maximum absolute atomic E-state index is 12.0. The fraction of sp³-hybridized carbons (Fsp3) is 0.857. The summed E-state index contributed by atoms with van der Waals surface area (Å²) in [5.41, 5.74) is 0. The number of allylic oxidation sites excluding steroid dienone is 1. The van der Waals surface area contributed by atoms with Crippen LogP contribution < -0.4 is 0 Å². The summed E-state index contributed by atoms with van der Waals surface area (Å²) in [5, 5.41) is 0.296. The van der Waals surface area contributed by atoms with Gasteiger partial charge in [-0.15, -0.1) is 0 Å². The molecule has 158 valence electrons. The second-order valence-electron chi connectivity index (χ2n) is 10.9. The Bertz CT molecular complexity index is 554. The summed E-state index contributed by atoms with van der Waals surface area (Å²) in [6.07, 6.45) is 4.33. The van der Waals surface area contributed by atoms with Gasteiger partial charge in [0.1, 0.15) is 0 Å². The molecule has 0 unspecified atom stereocenters. The highest BCUT2D eigenvalue weighted by atomic mass is 28.4. The summed E-state index contributed by atoms with van der Waals surface area (Å²) < 4.78 is 18.2. The second-order valence-corrected chi connectivity index (χ2v) is 20.4. The van der Waals surface area contributed by atoms with E-state index in [1.54, 1.807) is 0 Å². The van der Waals surface area contributed by atoms with E-state index >= 15 is 0 Å². The molecule has 0 N–H and O–H groups in total. The topological polar surface area (TPSA) is 44.8 Å². The quantitative estimate of drug-likeness (QED) is 0.380. The van der Waals surface area contributed by atoms with E-state index in [9.17, 15) is 4.79 Å². The van der Waals surface area contributed by atoms with Crippen molar-refractivity contribution in [2.75, 3.05) is 7.11 Å². The molecule has 0 amide bonds. The number of hydrogen-bond acceptors (Lipinski definition) is 4. The van der Waals surface area contributed by atoms with Crippen LogP contribution in [0, 0.1) is 5.92 Å². The minimum atomic E-state index is -1.91. The van der Waals surface area contributed by atoms with Crippen LogP contribution in [-0.2, 0) is 18.4 Å². The molecule has 0 aromatic heterocycles. The largest absolute Gasteiger partial charge is 0.547 e. The molecule has 27 heavy (non-hydrogen) atoms. The van der Waals surface area contributed by atoms with E-state index in [1.165, 1.54) is 7.11 Å². The summed E-state index contributed by atoms with van der Waals surface area (Å²) in [6, 6.07) is 0. The van der Waals surface area contributed by atoms with E-state index in [0.717, 1.165) is 18.6 Å². The Balaban J connectivity index is 3.06. The van der Waals surface area contributed by atoms with Crippen LogP contribution in [0.25, 0.3) is 0 Å². The van der Waals surface area contributed by atoms with Gasteiger partial charge in [-0.3, -0.25) is 4.79 Å². The third-order valence-corrected chi connectivity index (χ3v) is 15.5. The first-order valence-corrected chi connectivity index (χ1v) is 16.0. The Labute approximate surface area is 169 Å². The van der Waals surface area contributed by atoms with Gasteiger partial charge in [0.2, 0.25) is 8.32 Å². The summed E-state index contributed by atoms with van der Waals surface area (Å²) >= 11 is 0. The monoisotopic (exact) mass is 414 g/mol. The predicted molar refractivity (Wildman–Crippen MR) is 118 cm³/mol. The van der Waals surface area contributed by atoms with E-state index in [1.807, 2.05) is 0 Å². The lowest BCUT2D eigenvalue weighted by Gasteiger charge is -2.43. The first-order chi connectivity index (χ1) is 12.0. The molecule has 0 fully saturated rings. The molecule has 0 saturated heterocycles. The molecule has 0 aromatic rings. The molecule has 0 aliphatic heterocycles. The lowest BCUT2D eigenvalue weighted by Crippen LogP contribution is -2.47. The number of ether oxygens (including phenoxy) is 1. The van der Waals surface area contributed by atoms with E-state index < -0.39 is 16.6 Å². The molecule has 0 bridgehead atoms. The average molecular weight is 415 g/mol. The van der Waals surface area contributed by atoms with Gasteiger partial charge in [-0.25, -0.2) is 0 Å². The van der Waals surface area contributed by atoms with Crippen molar-refractivity contribution in [2.45, 2.75) is 103 Å². The Morgan fingerprint density at radius 2 is 1.56 bits per heavy atom. The Morgan fingerprint density at radius 1 is 1.04 bits per heavy atom. The van der Waals surface area contributed by atoms with Crippen LogP contribution in [0.4, 0.5) is 0 Å². The zero-order valence-electron chi connectivity index (χ0n) is 19.5. The molecule has 1 aliphatic carbocycles. The van der Waals surface area contributed by atoms with Crippen molar-refractivity contribution >= 4 is 22.6 Å². The molecule has 2 atom stereocenters. The standard InChI is InChI=1S/C21H42O4Si2/c1-20(2,3)26(8,9)24-17-12-13-18(16(14-17)15-19(22)23-7)25-27(10,11)21(4,5)6/h14,16,18H,12-13,15H2,1-11H3/t16-,18-/m0/s1. The molecule has 6 heteroatoms. The molecule has 0 heterocycles. The van der Waals surface area contributed by atoms with Crippen molar-refractivity contribution in [1.82, 2.24) is 0 Å². The van der Waals surface area contributed by atoms with Gasteiger partial charge in [-0.2, -0.15) is 0 Å². The minimum Gasteiger partial charge on any atom is -0.547 e. The van der Waals surface area contributed by atoms with Crippen LogP contribution in [0.2, 0.25) is 36.3 Å². The average Bonchev–Trinajstić information content (AvgIpc) is 2.46. The van der Waals surface area contributed by atoms with Gasteiger partial charge in [0.15, 0.2) is 8.32 Å². The van der Waals surface area contributed by atoms with Crippen molar-refractivity contribution in [3.05, 3.63) is 11.8 Å². The van der Waals surface area contributed by atoms with Gasteiger partial charge in [-0.05, 0) is 48.8 Å². The van der Waals surface area contributed by atoms with Crippen LogP contribution in [0.15, 0.2) is 11.8 Å². The zero-order chi connectivity index (χ0) is 21.3. The van der Waals surface area contributed by atoms with E-state index in [4.69, 9.17) is 13.6 Å². The van der Waals surface area contributed by atoms with Crippen LogP contribution in [0.3, 0.4) is 0 Å². The maximum atomic E-state index is 12.0. The highest BCUT2D eigenvalue weighted by Gasteiger charge is 2.43. The zero-order valence-corrected chi connectivity index (χ0v) is 21.5. The third-order valence-electron chi connectivity index (χ3n) is 6.63. The third kappa shape index (κ3) is 6.46. The van der Waals surface area contributed by atoms with Gasteiger partial charge in [0.25, 0.3) is 0 Å². The van der Waals surface area contributed by atoms with E-state index in [0.29, 0.717) is 6.42 Å². The lowest BCUT2D eigenvalue weighted by atomic mass is 9.89. The number of carbonyl (C=O) groups is 1. The van der Waals surface area contributed by atoms with Crippen LogP contribution >= 0.6 is 0 Å². The number of methoxy groups -OCH3 is 1. The molecule has 1 rings (SSSR count). The Hall–Kier alpha value is -0.596. The smallest absolute Gasteiger partial charge is 0.306 e. The fourth-order valence-corrected chi connectivity index (χ4v) is 5.20. The molecule has 1 aliphatic rings. The Kier molecular flexibility index (Phi) is 7.62. The lowest BCUT2D eigenvalue weighted by molar-refractivity contribution is -0.142. The highest BCUT2D eigenvalue weighted by Crippen LogP contribution is 2.43. The van der Waals surface area contributed by atoms with Gasteiger partial charge in [0, 0.05) is 12.3 Å². The summed E-state index contributed by atoms with van der Waals surface area (Å²) in [4.78, 5) is 12.0. The van der Waals surface area contributed by atoms with Gasteiger partial charge >= 0.3 is 5.97 Å². The molecule has 0 spiro atoms. The number of hydrogen-bond donors (Lipinski definition) is 0. The van der Waals surface area contributed by atoms with Crippen molar-refractivity contribution in [3.8, 4) is 0 Å². The minimum absolute atomic E-state index is 0.0140. The van der Waals surface area contributed by atoms with Crippen LogP contribution in [0.1, 0.15) is 60.8 Å². The molecule has 0 radical (unpaired) electrons.